The number of methoxy groups -OCH3 is 2. The lowest BCUT2D eigenvalue weighted by Crippen LogP contribution is -2.39. The van der Waals surface area contributed by atoms with Crippen LogP contribution < -0.4 is 24.4 Å². The molecule has 3 aromatic carbocycles. The van der Waals surface area contributed by atoms with Crippen LogP contribution in [0.2, 0.25) is 0 Å². The topological polar surface area (TPSA) is 73.1 Å². The quantitative estimate of drug-likeness (QED) is 0.463. The number of aromatic nitrogens is 1. The van der Waals surface area contributed by atoms with Crippen LogP contribution in [0.3, 0.4) is 0 Å². The number of phenolic OH excluding ortho intramolecular Hbond substituents is 1. The minimum absolute atomic E-state index is 0.000311. The highest BCUT2D eigenvalue weighted by molar-refractivity contribution is 7.07. The third kappa shape index (κ3) is 3.46. The molecule has 0 fully saturated rings. The van der Waals surface area contributed by atoms with E-state index in [0.717, 1.165) is 41.0 Å². The van der Waals surface area contributed by atoms with E-state index >= 15 is 0 Å². The first-order chi connectivity index (χ1) is 17.6. The molecule has 6 rings (SSSR count). The smallest absolute Gasteiger partial charge is 0.271 e. The Morgan fingerprint density at radius 3 is 2.56 bits per heavy atom. The Morgan fingerprint density at radius 1 is 0.972 bits per heavy atom. The van der Waals surface area contributed by atoms with E-state index in [0.29, 0.717) is 20.6 Å². The average Bonchev–Trinajstić information content (AvgIpc) is 3.23. The summed E-state index contributed by atoms with van der Waals surface area (Å²) in [5.41, 5.74) is 5.72. The molecule has 2 aliphatic rings. The molecule has 4 aromatic rings. The number of aryl methyl sites for hydroxylation is 1. The lowest BCUT2D eigenvalue weighted by molar-refractivity contribution is 0.373. The first-order valence-electron chi connectivity index (χ1n) is 11.7. The van der Waals surface area contributed by atoms with Crippen molar-refractivity contribution >= 4 is 23.1 Å². The van der Waals surface area contributed by atoms with Crippen molar-refractivity contribution in [2.75, 3.05) is 14.2 Å². The summed E-state index contributed by atoms with van der Waals surface area (Å²) in [6.45, 7) is 0. The molecular formula is C29H24N2O4S. The summed E-state index contributed by atoms with van der Waals surface area (Å²) in [6.07, 6.45) is 3.40. The normalized spacial score (nSPS) is 16.6. The number of phenols is 1. The standard InChI is InChI=1S/C29H24N2O4S/c1-34-22-12-6-5-11-20(22)26-21-15-14-17-8-3-4-10-19(17)25(21)30-29-31(26)28(33)24(36-29)16-18-9-7-13-23(35-2)27(18)32/h3-13,16,26,32H,14-15H2,1-2H3/b24-16+/t26-/m0/s1. The molecule has 1 N–H and O–H groups in total. The molecule has 36 heavy (non-hydrogen) atoms. The van der Waals surface area contributed by atoms with Crippen molar-refractivity contribution in [1.82, 2.24) is 4.57 Å². The maximum absolute atomic E-state index is 13.9. The van der Waals surface area contributed by atoms with Gasteiger partial charge >= 0.3 is 0 Å². The van der Waals surface area contributed by atoms with Crippen LogP contribution in [0.15, 0.2) is 82.1 Å². The number of para-hydroxylation sites is 2. The van der Waals surface area contributed by atoms with Crippen LogP contribution in [0.5, 0.6) is 17.2 Å². The maximum atomic E-state index is 13.9. The van der Waals surface area contributed by atoms with Gasteiger partial charge in [-0.25, -0.2) is 4.99 Å². The summed E-state index contributed by atoms with van der Waals surface area (Å²) in [6, 6.07) is 21.1. The van der Waals surface area contributed by atoms with Crippen molar-refractivity contribution in [3.63, 3.8) is 0 Å². The van der Waals surface area contributed by atoms with Crippen LogP contribution in [-0.2, 0) is 6.42 Å². The number of benzene rings is 3. The molecule has 7 heteroatoms. The first-order valence-corrected chi connectivity index (χ1v) is 12.5. The van der Waals surface area contributed by atoms with Gasteiger partial charge in [0.25, 0.3) is 5.56 Å². The lowest BCUT2D eigenvalue weighted by atomic mass is 9.83. The monoisotopic (exact) mass is 496 g/mol. The predicted molar refractivity (Wildman–Crippen MR) is 140 cm³/mol. The Balaban J connectivity index is 1.64. The molecule has 0 saturated heterocycles. The molecular weight excluding hydrogens is 472 g/mol. The van der Waals surface area contributed by atoms with Crippen LogP contribution >= 0.6 is 11.3 Å². The SMILES string of the molecule is COc1ccccc1[C@H]1C2=C(N=c3s/c(=C/c4cccc(OC)c4O)c(=O)n31)c1ccccc1CC2. The molecule has 0 amide bonds. The molecule has 1 atom stereocenters. The van der Waals surface area contributed by atoms with E-state index in [9.17, 15) is 9.90 Å². The number of rotatable bonds is 4. The lowest BCUT2D eigenvalue weighted by Gasteiger charge is -2.31. The van der Waals surface area contributed by atoms with Crippen molar-refractivity contribution < 1.29 is 14.6 Å². The summed E-state index contributed by atoms with van der Waals surface area (Å²) in [4.78, 5) is 19.6. The van der Waals surface area contributed by atoms with Crippen molar-refractivity contribution in [1.29, 1.82) is 0 Å². The molecule has 0 bridgehead atoms. The van der Waals surface area contributed by atoms with E-state index in [-0.39, 0.29) is 17.4 Å². The van der Waals surface area contributed by atoms with Gasteiger partial charge in [0.2, 0.25) is 0 Å². The number of nitrogens with zero attached hydrogens (tertiary/aromatic N) is 2. The second-order valence-electron chi connectivity index (χ2n) is 8.75. The fourth-order valence-electron chi connectivity index (χ4n) is 5.15. The molecule has 0 radical (unpaired) electrons. The van der Waals surface area contributed by atoms with Gasteiger partial charge in [0.15, 0.2) is 16.3 Å². The summed E-state index contributed by atoms with van der Waals surface area (Å²) >= 11 is 1.32. The number of hydrogen-bond donors (Lipinski definition) is 1. The van der Waals surface area contributed by atoms with Crippen LogP contribution in [0, 0.1) is 0 Å². The van der Waals surface area contributed by atoms with E-state index in [4.69, 9.17) is 14.5 Å². The molecule has 1 aromatic heterocycles. The third-order valence-corrected chi connectivity index (χ3v) is 7.83. The Bertz CT molecular complexity index is 1710. The maximum Gasteiger partial charge on any atom is 0.271 e. The van der Waals surface area contributed by atoms with Crippen molar-refractivity contribution in [2.45, 2.75) is 18.9 Å². The Kier molecular flexibility index (Phi) is 5.49. The first kappa shape index (κ1) is 22.4. The fraction of sp³-hybridized carbons (Fsp3) is 0.172. The Labute approximate surface area is 211 Å². The molecule has 6 nitrogen and oxygen atoms in total. The number of hydrogen-bond acceptors (Lipinski definition) is 6. The van der Waals surface area contributed by atoms with E-state index in [1.165, 1.54) is 24.0 Å². The fourth-order valence-corrected chi connectivity index (χ4v) is 6.14. The van der Waals surface area contributed by atoms with Gasteiger partial charge in [0, 0.05) is 16.7 Å². The zero-order valence-electron chi connectivity index (χ0n) is 19.9. The van der Waals surface area contributed by atoms with Crippen LogP contribution in [0.25, 0.3) is 11.8 Å². The highest BCUT2D eigenvalue weighted by atomic mass is 32.1. The van der Waals surface area contributed by atoms with Gasteiger partial charge < -0.3 is 14.6 Å². The molecule has 0 saturated carbocycles. The van der Waals surface area contributed by atoms with Crippen molar-refractivity contribution in [3.8, 4) is 17.2 Å². The van der Waals surface area contributed by atoms with Crippen LogP contribution in [-0.4, -0.2) is 23.9 Å². The van der Waals surface area contributed by atoms with Gasteiger partial charge in [-0.05, 0) is 42.2 Å². The van der Waals surface area contributed by atoms with E-state index in [2.05, 4.69) is 18.2 Å². The number of ether oxygens (including phenoxy) is 2. The van der Waals surface area contributed by atoms with Gasteiger partial charge in [-0.1, -0.05) is 65.9 Å². The number of allylic oxidation sites excluding steroid dienone is 1. The number of fused-ring (bicyclic) bond motifs is 3. The van der Waals surface area contributed by atoms with Crippen molar-refractivity contribution in [2.24, 2.45) is 4.99 Å². The molecule has 180 valence electrons. The Morgan fingerprint density at radius 2 is 1.72 bits per heavy atom. The number of aromatic hydroxyl groups is 1. The van der Waals surface area contributed by atoms with Gasteiger partial charge in [-0.2, -0.15) is 0 Å². The minimum atomic E-state index is -0.332. The zero-order chi connectivity index (χ0) is 24.8. The minimum Gasteiger partial charge on any atom is -0.504 e. The van der Waals surface area contributed by atoms with Gasteiger partial charge in [0.1, 0.15) is 5.75 Å². The highest BCUT2D eigenvalue weighted by Gasteiger charge is 2.34. The number of thiazole rings is 1. The predicted octanol–water partition coefficient (Wildman–Crippen LogP) is 4.04. The van der Waals surface area contributed by atoms with Gasteiger partial charge in [0.05, 0.1) is 30.5 Å². The van der Waals surface area contributed by atoms with Crippen LogP contribution in [0.4, 0.5) is 0 Å². The summed E-state index contributed by atoms with van der Waals surface area (Å²) in [5, 5.41) is 10.6. The summed E-state index contributed by atoms with van der Waals surface area (Å²) in [5.74, 6) is 1.09. The second-order valence-corrected chi connectivity index (χ2v) is 9.76. The molecule has 2 heterocycles. The second kappa shape index (κ2) is 8.84. The van der Waals surface area contributed by atoms with Crippen molar-refractivity contribution in [3.05, 3.63) is 114 Å². The summed E-state index contributed by atoms with van der Waals surface area (Å²) in [7, 11) is 3.15. The summed E-state index contributed by atoms with van der Waals surface area (Å²) < 4.78 is 13.2. The highest BCUT2D eigenvalue weighted by Crippen LogP contribution is 2.43. The molecule has 1 aliphatic heterocycles. The largest absolute Gasteiger partial charge is 0.504 e. The third-order valence-electron chi connectivity index (χ3n) is 6.84. The zero-order valence-corrected chi connectivity index (χ0v) is 20.7. The van der Waals surface area contributed by atoms with Gasteiger partial charge in [-0.3, -0.25) is 9.36 Å². The van der Waals surface area contributed by atoms with E-state index < -0.39 is 0 Å². The van der Waals surface area contributed by atoms with E-state index in [1.54, 1.807) is 36.0 Å². The van der Waals surface area contributed by atoms with E-state index in [1.807, 2.05) is 30.3 Å². The van der Waals surface area contributed by atoms with Crippen LogP contribution in [0.1, 0.15) is 34.7 Å². The molecule has 0 spiro atoms. The molecule has 1 aliphatic carbocycles. The van der Waals surface area contributed by atoms with Gasteiger partial charge in [-0.15, -0.1) is 0 Å². The average molecular weight is 497 g/mol. The molecule has 0 unspecified atom stereocenters. The Hall–Kier alpha value is -4.10.